The topological polar surface area (TPSA) is 12.9 Å². The van der Waals surface area contributed by atoms with Crippen molar-refractivity contribution in [2.75, 3.05) is 0 Å². The van der Waals surface area contributed by atoms with Crippen molar-refractivity contribution in [2.45, 2.75) is 25.4 Å². The molecule has 0 aliphatic heterocycles. The number of pyridine rings is 1. The van der Waals surface area contributed by atoms with E-state index in [9.17, 15) is 13.2 Å². The van der Waals surface area contributed by atoms with E-state index in [1.807, 2.05) is 0 Å². The Morgan fingerprint density at radius 2 is 2.00 bits per heavy atom. The maximum Gasteiger partial charge on any atom is 0.393 e. The van der Waals surface area contributed by atoms with E-state index >= 15 is 0 Å². The average molecular weight is 224 g/mol. The van der Waals surface area contributed by atoms with Gasteiger partial charge < -0.3 is 0 Å². The van der Waals surface area contributed by atoms with Crippen LogP contribution >= 0.6 is 11.6 Å². The van der Waals surface area contributed by atoms with Crippen molar-refractivity contribution in [1.82, 2.24) is 4.98 Å². The van der Waals surface area contributed by atoms with E-state index in [1.165, 1.54) is 12.1 Å². The fraction of sp³-hybridized carbons (Fsp3) is 0.444. The summed E-state index contributed by atoms with van der Waals surface area (Å²) < 4.78 is 36.2. The number of aryl methyl sites for hydroxylation is 1. The fourth-order valence-electron chi connectivity index (χ4n) is 1.22. The van der Waals surface area contributed by atoms with Crippen LogP contribution in [-0.2, 0) is 12.3 Å². The van der Waals surface area contributed by atoms with Gasteiger partial charge in [0.1, 0.15) is 0 Å². The lowest BCUT2D eigenvalue weighted by atomic mass is 10.1. The first-order valence-electron chi connectivity index (χ1n) is 4.00. The Labute approximate surface area is 84.9 Å². The summed E-state index contributed by atoms with van der Waals surface area (Å²) in [6.07, 6.45) is -5.11. The van der Waals surface area contributed by atoms with E-state index in [4.69, 9.17) is 11.6 Å². The smallest absolute Gasteiger partial charge is 0.257 e. The standard InChI is InChI=1S/C9H9ClF3N/c1-6-2-7(4-9(11,12)13)3-8(5-10)14-6/h2-3H,4-5H2,1H3. The SMILES string of the molecule is Cc1cc(CC(F)(F)F)cc(CCl)n1. The molecule has 1 heterocycles. The highest BCUT2D eigenvalue weighted by Gasteiger charge is 2.27. The molecule has 0 fully saturated rings. The minimum Gasteiger partial charge on any atom is -0.257 e. The maximum absolute atomic E-state index is 12.1. The Kier molecular flexibility index (Phi) is 3.37. The monoisotopic (exact) mass is 223 g/mol. The summed E-state index contributed by atoms with van der Waals surface area (Å²) in [5.74, 6) is 0.131. The van der Waals surface area contributed by atoms with Crippen LogP contribution in [0, 0.1) is 6.92 Å². The Morgan fingerprint density at radius 3 is 2.50 bits per heavy atom. The normalized spacial score (nSPS) is 11.8. The third kappa shape index (κ3) is 3.54. The summed E-state index contributed by atoms with van der Waals surface area (Å²) in [4.78, 5) is 3.98. The Balaban J connectivity index is 2.92. The number of nitrogens with zero attached hydrogens (tertiary/aromatic N) is 1. The molecule has 1 nitrogen and oxygen atoms in total. The number of aromatic nitrogens is 1. The van der Waals surface area contributed by atoms with Crippen molar-refractivity contribution < 1.29 is 13.2 Å². The predicted molar refractivity (Wildman–Crippen MR) is 48.3 cm³/mol. The molecule has 0 N–H and O–H groups in total. The van der Waals surface area contributed by atoms with Crippen LogP contribution in [0.5, 0.6) is 0 Å². The van der Waals surface area contributed by atoms with Gasteiger partial charge in [0, 0.05) is 5.69 Å². The summed E-state index contributed by atoms with van der Waals surface area (Å²) in [5.41, 5.74) is 1.24. The minimum atomic E-state index is -4.18. The van der Waals surface area contributed by atoms with Gasteiger partial charge in [-0.3, -0.25) is 4.98 Å². The van der Waals surface area contributed by atoms with Crippen molar-refractivity contribution in [3.8, 4) is 0 Å². The van der Waals surface area contributed by atoms with Crippen LogP contribution in [0.1, 0.15) is 17.0 Å². The van der Waals surface area contributed by atoms with Crippen LogP contribution < -0.4 is 0 Å². The van der Waals surface area contributed by atoms with Gasteiger partial charge in [0.05, 0.1) is 18.0 Å². The molecule has 1 rings (SSSR count). The van der Waals surface area contributed by atoms with Gasteiger partial charge in [0.15, 0.2) is 0 Å². The number of alkyl halides is 4. The lowest BCUT2D eigenvalue weighted by molar-refractivity contribution is -0.127. The molecule has 0 saturated heterocycles. The van der Waals surface area contributed by atoms with Crippen LogP contribution in [0.15, 0.2) is 12.1 Å². The average Bonchev–Trinajstić information content (AvgIpc) is 1.99. The highest BCUT2D eigenvalue weighted by Crippen LogP contribution is 2.22. The molecule has 1 aromatic heterocycles. The zero-order chi connectivity index (χ0) is 10.8. The van der Waals surface area contributed by atoms with Crippen molar-refractivity contribution in [2.24, 2.45) is 0 Å². The van der Waals surface area contributed by atoms with Crippen LogP contribution in [0.3, 0.4) is 0 Å². The molecular weight excluding hydrogens is 215 g/mol. The molecule has 0 aliphatic rings. The predicted octanol–water partition coefficient (Wildman–Crippen LogP) is 3.23. The van der Waals surface area contributed by atoms with Crippen LogP contribution in [-0.4, -0.2) is 11.2 Å². The van der Waals surface area contributed by atoms with Crippen LogP contribution in [0.25, 0.3) is 0 Å². The van der Waals surface area contributed by atoms with Crippen LogP contribution in [0.4, 0.5) is 13.2 Å². The van der Waals surface area contributed by atoms with Gasteiger partial charge in [-0.15, -0.1) is 11.6 Å². The number of hydrogen-bond donors (Lipinski definition) is 0. The molecule has 0 spiro atoms. The van der Waals surface area contributed by atoms with E-state index in [1.54, 1.807) is 6.92 Å². The molecule has 5 heteroatoms. The number of hydrogen-bond acceptors (Lipinski definition) is 1. The lowest BCUT2D eigenvalue weighted by Gasteiger charge is -2.08. The first-order chi connectivity index (χ1) is 6.40. The number of halogens is 4. The molecule has 0 saturated carbocycles. The highest BCUT2D eigenvalue weighted by atomic mass is 35.5. The van der Waals surface area contributed by atoms with Gasteiger partial charge in [-0.2, -0.15) is 13.2 Å². The van der Waals surface area contributed by atoms with E-state index < -0.39 is 12.6 Å². The van der Waals surface area contributed by atoms with E-state index in [0.29, 0.717) is 11.4 Å². The molecule has 78 valence electrons. The van der Waals surface area contributed by atoms with Crippen molar-refractivity contribution in [3.05, 3.63) is 29.1 Å². The summed E-state index contributed by atoms with van der Waals surface area (Å²) >= 11 is 5.50. The summed E-state index contributed by atoms with van der Waals surface area (Å²) in [7, 11) is 0. The van der Waals surface area contributed by atoms with E-state index in [0.717, 1.165) is 0 Å². The molecule has 0 aliphatic carbocycles. The number of rotatable bonds is 2. The third-order valence-electron chi connectivity index (χ3n) is 1.61. The summed E-state index contributed by atoms with van der Waals surface area (Å²) in [6, 6.07) is 2.80. The van der Waals surface area contributed by atoms with E-state index in [-0.39, 0.29) is 11.4 Å². The summed E-state index contributed by atoms with van der Waals surface area (Å²) in [5, 5.41) is 0. The van der Waals surface area contributed by atoms with Gasteiger partial charge >= 0.3 is 6.18 Å². The largest absolute Gasteiger partial charge is 0.393 e. The first-order valence-corrected chi connectivity index (χ1v) is 4.53. The molecule has 1 aromatic rings. The quantitative estimate of drug-likeness (QED) is 0.702. The molecular formula is C9H9ClF3N. The molecule has 0 unspecified atom stereocenters. The summed E-state index contributed by atoms with van der Waals surface area (Å²) in [6.45, 7) is 1.65. The van der Waals surface area contributed by atoms with Gasteiger partial charge in [-0.25, -0.2) is 0 Å². The second-order valence-electron chi connectivity index (χ2n) is 3.03. The zero-order valence-corrected chi connectivity index (χ0v) is 8.28. The van der Waals surface area contributed by atoms with E-state index in [2.05, 4.69) is 4.98 Å². The Bertz CT molecular complexity index is 322. The van der Waals surface area contributed by atoms with Gasteiger partial charge in [0.25, 0.3) is 0 Å². The molecule has 0 amide bonds. The molecule has 0 radical (unpaired) electrons. The molecule has 0 bridgehead atoms. The highest BCUT2D eigenvalue weighted by molar-refractivity contribution is 6.16. The van der Waals surface area contributed by atoms with Gasteiger partial charge in [0.2, 0.25) is 0 Å². The van der Waals surface area contributed by atoms with Gasteiger partial charge in [-0.1, -0.05) is 0 Å². The second-order valence-corrected chi connectivity index (χ2v) is 3.30. The molecule has 0 atom stereocenters. The van der Waals surface area contributed by atoms with Crippen molar-refractivity contribution >= 4 is 11.6 Å². The lowest BCUT2D eigenvalue weighted by Crippen LogP contribution is -2.12. The zero-order valence-electron chi connectivity index (χ0n) is 7.53. The third-order valence-corrected chi connectivity index (χ3v) is 1.88. The maximum atomic E-state index is 12.1. The molecule has 14 heavy (non-hydrogen) atoms. The molecule has 0 aromatic carbocycles. The first kappa shape index (κ1) is 11.3. The second kappa shape index (κ2) is 4.17. The van der Waals surface area contributed by atoms with Crippen LogP contribution in [0.2, 0.25) is 0 Å². The van der Waals surface area contributed by atoms with Gasteiger partial charge in [-0.05, 0) is 24.6 Å². The Hall–Kier alpha value is -0.770. The fourth-order valence-corrected chi connectivity index (χ4v) is 1.35. The Morgan fingerprint density at radius 1 is 1.36 bits per heavy atom. The van der Waals surface area contributed by atoms with Crippen molar-refractivity contribution in [3.63, 3.8) is 0 Å². The van der Waals surface area contributed by atoms with Crippen molar-refractivity contribution in [1.29, 1.82) is 0 Å². The minimum absolute atomic E-state index is 0.131.